The van der Waals surface area contributed by atoms with Crippen molar-refractivity contribution in [1.82, 2.24) is 10.2 Å². The van der Waals surface area contributed by atoms with Gasteiger partial charge in [-0.05, 0) is 38.0 Å². The van der Waals surface area contributed by atoms with Crippen LogP contribution >= 0.6 is 11.6 Å². The smallest absolute Gasteiger partial charge is 0.239 e. The number of carbonyl (C=O) groups excluding carboxylic acids is 1. The second-order valence-electron chi connectivity index (χ2n) is 6.83. The van der Waals surface area contributed by atoms with Gasteiger partial charge in [-0.3, -0.25) is 4.79 Å². The molecule has 1 N–H and O–H groups in total. The number of hydrogen-bond acceptors (Lipinski definition) is 3. The summed E-state index contributed by atoms with van der Waals surface area (Å²) in [6.45, 7) is 11.0. The summed E-state index contributed by atoms with van der Waals surface area (Å²) in [7, 11) is 0. The normalized spacial score (nSPS) is 18.0. The first-order chi connectivity index (χ1) is 11.3. The minimum Gasteiger partial charge on any atom is -0.367 e. The highest BCUT2D eigenvalue weighted by Gasteiger charge is 2.26. The van der Waals surface area contributed by atoms with Gasteiger partial charge in [0.05, 0.1) is 16.8 Å². The lowest BCUT2D eigenvalue weighted by molar-refractivity contribution is -0.133. The standard InChI is InChI=1S/C18H27ClFN3O/c1-12(2)13(3)21-14(4)18(24)23-9-7-22(8-10-23)17-6-5-15(20)11-16(17)19/h5-6,11-14,21H,7-10H2,1-4H3/t13-,14+/m0/s1. The van der Waals surface area contributed by atoms with Gasteiger partial charge >= 0.3 is 0 Å². The molecule has 6 heteroatoms. The quantitative estimate of drug-likeness (QED) is 0.881. The molecule has 0 radical (unpaired) electrons. The molecule has 0 unspecified atom stereocenters. The van der Waals surface area contributed by atoms with E-state index in [0.717, 1.165) is 5.69 Å². The van der Waals surface area contributed by atoms with Gasteiger partial charge in [0.15, 0.2) is 0 Å². The van der Waals surface area contributed by atoms with E-state index in [4.69, 9.17) is 11.6 Å². The number of piperazine rings is 1. The summed E-state index contributed by atoms with van der Waals surface area (Å²) in [6, 6.07) is 4.54. The molecule has 1 fully saturated rings. The van der Waals surface area contributed by atoms with Crippen molar-refractivity contribution < 1.29 is 9.18 Å². The fourth-order valence-corrected chi connectivity index (χ4v) is 3.12. The highest BCUT2D eigenvalue weighted by Crippen LogP contribution is 2.27. The van der Waals surface area contributed by atoms with E-state index < -0.39 is 0 Å². The summed E-state index contributed by atoms with van der Waals surface area (Å²) in [5.74, 6) is 0.279. The highest BCUT2D eigenvalue weighted by molar-refractivity contribution is 6.33. The zero-order valence-corrected chi connectivity index (χ0v) is 15.6. The third-order valence-electron chi connectivity index (χ3n) is 4.73. The lowest BCUT2D eigenvalue weighted by Gasteiger charge is -2.38. The largest absolute Gasteiger partial charge is 0.367 e. The van der Waals surface area contributed by atoms with Crippen molar-refractivity contribution in [3.63, 3.8) is 0 Å². The van der Waals surface area contributed by atoms with Gasteiger partial charge in [-0.15, -0.1) is 0 Å². The molecule has 1 aliphatic heterocycles. The average Bonchev–Trinajstić information content (AvgIpc) is 2.54. The molecule has 1 amide bonds. The van der Waals surface area contributed by atoms with Crippen molar-refractivity contribution >= 4 is 23.2 Å². The molecule has 2 atom stereocenters. The van der Waals surface area contributed by atoms with Gasteiger partial charge in [0.2, 0.25) is 5.91 Å². The number of amides is 1. The molecule has 1 aromatic rings. The minimum atomic E-state index is -0.336. The summed E-state index contributed by atoms with van der Waals surface area (Å²) in [5, 5.41) is 3.78. The van der Waals surface area contributed by atoms with E-state index in [1.54, 1.807) is 6.07 Å². The molecule has 1 aliphatic rings. The molecule has 1 heterocycles. The van der Waals surface area contributed by atoms with E-state index in [9.17, 15) is 9.18 Å². The first-order valence-electron chi connectivity index (χ1n) is 8.54. The molecule has 4 nitrogen and oxygen atoms in total. The predicted octanol–water partition coefficient (Wildman–Crippen LogP) is 3.15. The van der Waals surface area contributed by atoms with Crippen molar-refractivity contribution in [3.05, 3.63) is 29.0 Å². The lowest BCUT2D eigenvalue weighted by atomic mass is 10.1. The maximum absolute atomic E-state index is 13.2. The maximum Gasteiger partial charge on any atom is 0.239 e. The Hall–Kier alpha value is -1.33. The molecule has 0 aliphatic carbocycles. The Morgan fingerprint density at radius 1 is 1.17 bits per heavy atom. The van der Waals surface area contributed by atoms with Gasteiger partial charge in [0.25, 0.3) is 0 Å². The Morgan fingerprint density at radius 3 is 2.33 bits per heavy atom. The molecule has 0 bridgehead atoms. The van der Waals surface area contributed by atoms with Crippen molar-refractivity contribution in [2.75, 3.05) is 31.1 Å². The number of anilines is 1. The fraction of sp³-hybridized carbons (Fsp3) is 0.611. The predicted molar refractivity (Wildman–Crippen MR) is 97.1 cm³/mol. The van der Waals surface area contributed by atoms with Crippen molar-refractivity contribution in [3.8, 4) is 0 Å². The highest BCUT2D eigenvalue weighted by atomic mass is 35.5. The summed E-state index contributed by atoms with van der Waals surface area (Å²) in [5.41, 5.74) is 0.824. The Kier molecular flexibility index (Phi) is 6.47. The zero-order valence-electron chi connectivity index (χ0n) is 14.9. The van der Waals surface area contributed by atoms with Crippen LogP contribution in [0.15, 0.2) is 18.2 Å². The first kappa shape index (κ1) is 19.0. The van der Waals surface area contributed by atoms with Crippen molar-refractivity contribution in [2.24, 2.45) is 5.92 Å². The van der Waals surface area contributed by atoms with Crippen LogP contribution in [0.25, 0.3) is 0 Å². The lowest BCUT2D eigenvalue weighted by Crippen LogP contribution is -2.55. The SMILES string of the molecule is CC(C)[C@H](C)N[C@H](C)C(=O)N1CCN(c2ccc(F)cc2Cl)CC1. The average molecular weight is 356 g/mol. The number of nitrogens with zero attached hydrogens (tertiary/aromatic N) is 2. The maximum atomic E-state index is 13.2. The van der Waals surface area contributed by atoms with Crippen LogP contribution in [0.1, 0.15) is 27.7 Å². The van der Waals surface area contributed by atoms with Gasteiger partial charge in [-0.25, -0.2) is 4.39 Å². The Morgan fingerprint density at radius 2 is 1.79 bits per heavy atom. The number of nitrogens with one attached hydrogen (secondary N) is 1. The molecular formula is C18H27ClFN3O. The van der Waals surface area contributed by atoms with Crippen LogP contribution in [-0.4, -0.2) is 49.1 Å². The second kappa shape index (κ2) is 8.17. The van der Waals surface area contributed by atoms with Gasteiger partial charge in [-0.1, -0.05) is 25.4 Å². The van der Waals surface area contributed by atoms with Gasteiger partial charge in [-0.2, -0.15) is 0 Å². The van der Waals surface area contributed by atoms with Crippen molar-refractivity contribution in [2.45, 2.75) is 39.8 Å². The number of benzene rings is 1. The molecule has 134 valence electrons. The Bertz CT molecular complexity index is 573. The monoisotopic (exact) mass is 355 g/mol. The van der Waals surface area contributed by atoms with Crippen LogP contribution in [-0.2, 0) is 4.79 Å². The summed E-state index contributed by atoms with van der Waals surface area (Å²) < 4.78 is 13.2. The van der Waals surface area contributed by atoms with E-state index in [1.807, 2.05) is 11.8 Å². The second-order valence-corrected chi connectivity index (χ2v) is 7.24. The van der Waals surface area contributed by atoms with Gasteiger partial charge in [0.1, 0.15) is 5.82 Å². The van der Waals surface area contributed by atoms with Gasteiger partial charge < -0.3 is 15.1 Å². The molecule has 0 spiro atoms. The van der Waals surface area contributed by atoms with Crippen molar-refractivity contribution in [1.29, 1.82) is 0 Å². The van der Waals surface area contributed by atoms with Crippen LogP contribution in [0.3, 0.4) is 0 Å². The number of hydrogen-bond donors (Lipinski definition) is 1. The molecule has 0 saturated carbocycles. The topological polar surface area (TPSA) is 35.6 Å². The van der Waals surface area contributed by atoms with E-state index in [-0.39, 0.29) is 17.8 Å². The number of rotatable bonds is 5. The molecular weight excluding hydrogens is 329 g/mol. The van der Waals surface area contributed by atoms with Crippen LogP contribution in [0, 0.1) is 11.7 Å². The van der Waals surface area contributed by atoms with Crippen LogP contribution < -0.4 is 10.2 Å². The zero-order chi connectivity index (χ0) is 17.9. The summed E-state index contributed by atoms with van der Waals surface area (Å²) in [4.78, 5) is 16.6. The fourth-order valence-electron chi connectivity index (χ4n) is 2.84. The van der Waals surface area contributed by atoms with Crippen LogP contribution in [0.5, 0.6) is 0 Å². The first-order valence-corrected chi connectivity index (χ1v) is 8.92. The Labute approximate surface area is 149 Å². The third-order valence-corrected chi connectivity index (χ3v) is 5.03. The van der Waals surface area contributed by atoms with E-state index in [1.165, 1.54) is 12.1 Å². The third kappa shape index (κ3) is 4.61. The molecule has 2 rings (SSSR count). The van der Waals surface area contributed by atoms with E-state index >= 15 is 0 Å². The Balaban J connectivity index is 1.91. The van der Waals surface area contributed by atoms with E-state index in [0.29, 0.717) is 43.2 Å². The molecule has 24 heavy (non-hydrogen) atoms. The molecule has 0 aromatic heterocycles. The summed E-state index contributed by atoms with van der Waals surface area (Å²) >= 11 is 6.13. The summed E-state index contributed by atoms with van der Waals surface area (Å²) in [6.07, 6.45) is 0. The number of carbonyl (C=O) groups is 1. The van der Waals surface area contributed by atoms with Crippen LogP contribution in [0.4, 0.5) is 10.1 Å². The van der Waals surface area contributed by atoms with Crippen LogP contribution in [0.2, 0.25) is 5.02 Å². The number of halogens is 2. The molecule has 1 saturated heterocycles. The van der Waals surface area contributed by atoms with E-state index in [2.05, 4.69) is 31.0 Å². The van der Waals surface area contributed by atoms with Gasteiger partial charge in [0, 0.05) is 32.2 Å². The minimum absolute atomic E-state index is 0.132. The molecule has 1 aromatic carbocycles.